The number of fused-ring (bicyclic) bond motifs is 3. The minimum atomic E-state index is -1.65. The van der Waals surface area contributed by atoms with Crippen molar-refractivity contribution < 1.29 is 18.0 Å². The van der Waals surface area contributed by atoms with Crippen LogP contribution in [0.4, 0.5) is 0 Å². The third kappa shape index (κ3) is 6.53. The van der Waals surface area contributed by atoms with Gasteiger partial charge in [0.15, 0.2) is 0 Å². The van der Waals surface area contributed by atoms with E-state index in [-0.39, 0.29) is 5.43 Å². The predicted octanol–water partition coefficient (Wildman–Crippen LogP) is 7.59. The van der Waals surface area contributed by atoms with Crippen LogP contribution in [0, 0.1) is 6.92 Å². The van der Waals surface area contributed by atoms with Crippen LogP contribution in [0.5, 0.6) is 0 Å². The first-order valence-corrected chi connectivity index (χ1v) is 20.7. The molecule has 0 bridgehead atoms. The fourth-order valence-electron chi connectivity index (χ4n) is 2.37. The summed E-state index contributed by atoms with van der Waals surface area (Å²) < 4.78 is 0. The SMILES string of the molecule is C[Si](C)=[Zr]([Cl])[Cl].Cc1cc[cH-]c1.c1ccc2c(c1)[cH-]c1ccccc12. The zero-order valence-electron chi connectivity index (χ0n) is 14.8. The Bertz CT molecular complexity index is 884. The zero-order chi connectivity index (χ0) is 18.2. The minimum absolute atomic E-state index is 0.224. The molecule has 0 spiro atoms. The van der Waals surface area contributed by atoms with Gasteiger partial charge in [0, 0.05) is 0 Å². The fourth-order valence-corrected chi connectivity index (χ4v) is 2.37. The Balaban J connectivity index is 0.000000159. The van der Waals surface area contributed by atoms with Crippen LogP contribution in [0.1, 0.15) is 5.56 Å². The van der Waals surface area contributed by atoms with E-state index in [9.17, 15) is 0 Å². The predicted molar refractivity (Wildman–Crippen MR) is 113 cm³/mol. The van der Waals surface area contributed by atoms with E-state index in [1.165, 1.54) is 27.1 Å². The van der Waals surface area contributed by atoms with Crippen molar-refractivity contribution in [2.45, 2.75) is 20.0 Å². The smallest absolute Gasteiger partial charge is 0.0771 e. The molecule has 0 atom stereocenters. The molecule has 0 unspecified atom stereocenters. The van der Waals surface area contributed by atoms with E-state index in [4.69, 9.17) is 17.0 Å². The number of benzene rings is 2. The van der Waals surface area contributed by atoms with Gasteiger partial charge in [-0.1, -0.05) is 43.3 Å². The van der Waals surface area contributed by atoms with Crippen LogP contribution in [0.25, 0.3) is 21.5 Å². The van der Waals surface area contributed by atoms with Crippen LogP contribution in [-0.2, 0) is 18.0 Å². The topological polar surface area (TPSA) is 0 Å². The molecule has 0 saturated heterocycles. The summed E-state index contributed by atoms with van der Waals surface area (Å²) in [5.74, 6) is 0. The first kappa shape index (κ1) is 20.6. The van der Waals surface area contributed by atoms with Crippen molar-refractivity contribution in [1.82, 2.24) is 0 Å². The minimum Gasteiger partial charge on any atom is -0.211 e. The summed E-state index contributed by atoms with van der Waals surface area (Å²) >= 11 is -1.65. The Kier molecular flexibility index (Phi) is 8.66. The van der Waals surface area contributed by atoms with E-state index >= 15 is 0 Å². The van der Waals surface area contributed by atoms with Crippen molar-refractivity contribution in [3.05, 3.63) is 84.4 Å². The quantitative estimate of drug-likeness (QED) is 0.186. The van der Waals surface area contributed by atoms with E-state index in [1.807, 2.05) is 12.1 Å². The first-order valence-electron chi connectivity index (χ1n) is 8.19. The molecular formula is C21H22Cl2SiZr-2. The molecule has 0 saturated carbocycles. The van der Waals surface area contributed by atoms with Crippen LogP contribution >= 0.6 is 17.0 Å². The van der Waals surface area contributed by atoms with Gasteiger partial charge in [0.1, 0.15) is 0 Å². The molecule has 4 rings (SSSR count). The van der Waals surface area contributed by atoms with Crippen LogP contribution in [0.15, 0.2) is 78.9 Å². The van der Waals surface area contributed by atoms with Crippen LogP contribution in [0.3, 0.4) is 0 Å². The molecule has 0 fully saturated rings. The normalized spacial score (nSPS) is 9.80. The van der Waals surface area contributed by atoms with Gasteiger partial charge in [-0.25, -0.2) is 11.6 Å². The largest absolute Gasteiger partial charge is 0.211 e. The standard InChI is InChI=1S/C13H9.C6H7.C2H6Si.2ClH.Zr/c1-3-7-12-10(5-1)9-11-6-2-4-8-13(11)12;1-6-4-2-3-5-6;1-3-2;;;/h1-9H;2-5H,1H3;1-2H3;2*1H;/q2*-1;;;;+2/p-2. The molecule has 4 heteroatoms. The second kappa shape index (κ2) is 10.5. The van der Waals surface area contributed by atoms with Crippen LogP contribution in [0.2, 0.25) is 13.1 Å². The third-order valence-electron chi connectivity index (χ3n) is 3.73. The Hall–Kier alpha value is -0.660. The number of rotatable bonds is 0. The molecule has 4 aromatic rings. The molecule has 25 heavy (non-hydrogen) atoms. The second-order valence-corrected chi connectivity index (χ2v) is 29.0. The molecule has 0 N–H and O–H groups in total. The molecule has 0 radical (unpaired) electrons. The summed E-state index contributed by atoms with van der Waals surface area (Å²) in [5, 5.41) is 5.39. The van der Waals surface area contributed by atoms with E-state index < -0.39 is 18.0 Å². The van der Waals surface area contributed by atoms with Crippen molar-refractivity contribution in [2.24, 2.45) is 0 Å². The van der Waals surface area contributed by atoms with Gasteiger partial charge >= 0.3 is 53.5 Å². The average molecular weight is 465 g/mol. The Morgan fingerprint density at radius 1 is 0.840 bits per heavy atom. The van der Waals surface area contributed by atoms with E-state index in [0.717, 1.165) is 0 Å². The molecule has 0 amide bonds. The van der Waals surface area contributed by atoms with Gasteiger partial charge in [0.05, 0.1) is 0 Å². The summed E-state index contributed by atoms with van der Waals surface area (Å²) in [4.78, 5) is 0. The van der Waals surface area contributed by atoms with Gasteiger partial charge in [0.25, 0.3) is 0 Å². The number of hydrogen-bond donors (Lipinski definition) is 0. The molecule has 4 aromatic carbocycles. The molecule has 130 valence electrons. The fraction of sp³-hybridized carbons (Fsp3) is 0.143. The zero-order valence-corrected chi connectivity index (χ0v) is 19.7. The number of hydrogen-bond acceptors (Lipinski definition) is 0. The number of aryl methyl sites for hydroxylation is 1. The van der Waals surface area contributed by atoms with Gasteiger partial charge in [-0.05, 0) is 0 Å². The van der Waals surface area contributed by atoms with E-state index in [2.05, 4.69) is 86.7 Å². The molecule has 0 aliphatic rings. The monoisotopic (exact) mass is 462 g/mol. The second-order valence-electron chi connectivity index (χ2n) is 6.04. The summed E-state index contributed by atoms with van der Waals surface area (Å²) in [5.41, 5.74) is 1.12. The number of halogens is 2. The van der Waals surface area contributed by atoms with Crippen LogP contribution < -0.4 is 0 Å². The van der Waals surface area contributed by atoms with Crippen molar-refractivity contribution in [2.75, 3.05) is 0 Å². The maximum Gasteiger partial charge on any atom is -0.0771 e. The van der Waals surface area contributed by atoms with Gasteiger partial charge < -0.3 is 0 Å². The molecular weight excluding hydrogens is 442 g/mol. The van der Waals surface area contributed by atoms with Crippen LogP contribution in [-0.4, -0.2) is 5.43 Å². The van der Waals surface area contributed by atoms with Crippen molar-refractivity contribution >= 4 is 44.0 Å². The summed E-state index contributed by atoms with van der Waals surface area (Å²) in [7, 11) is 11.2. The van der Waals surface area contributed by atoms with Crippen molar-refractivity contribution in [3.63, 3.8) is 0 Å². The van der Waals surface area contributed by atoms with E-state index in [0.29, 0.717) is 0 Å². The average Bonchev–Trinajstić information content (AvgIpc) is 3.22. The molecule has 0 aliphatic heterocycles. The van der Waals surface area contributed by atoms with Crippen molar-refractivity contribution in [1.29, 1.82) is 0 Å². The maximum atomic E-state index is 5.62. The summed E-state index contributed by atoms with van der Waals surface area (Å²) in [6.45, 7) is 6.42. The molecule has 0 heterocycles. The van der Waals surface area contributed by atoms with Gasteiger partial charge in [0.2, 0.25) is 0 Å². The third-order valence-corrected chi connectivity index (χ3v) is 23.5. The Morgan fingerprint density at radius 3 is 1.64 bits per heavy atom. The summed E-state index contributed by atoms with van der Waals surface area (Å²) in [6, 6.07) is 27.5. The maximum absolute atomic E-state index is 5.62. The molecule has 0 aliphatic carbocycles. The first-order chi connectivity index (χ1) is 12.0. The van der Waals surface area contributed by atoms with Crippen molar-refractivity contribution in [3.8, 4) is 0 Å². The molecule has 0 aromatic heterocycles. The van der Waals surface area contributed by atoms with Gasteiger partial charge in [-0.2, -0.15) is 18.2 Å². The summed E-state index contributed by atoms with van der Waals surface area (Å²) in [6.07, 6.45) is 0. The Labute approximate surface area is 165 Å². The van der Waals surface area contributed by atoms with Gasteiger partial charge in [-0.3, -0.25) is 0 Å². The van der Waals surface area contributed by atoms with E-state index in [1.54, 1.807) is 0 Å². The Morgan fingerprint density at radius 2 is 1.32 bits per heavy atom. The van der Waals surface area contributed by atoms with Gasteiger partial charge in [-0.15, -0.1) is 39.7 Å². The molecule has 0 nitrogen and oxygen atoms in total.